The van der Waals surface area contributed by atoms with Crippen LogP contribution in [-0.4, -0.2) is 53.1 Å². The maximum absolute atomic E-state index is 12.5. The summed E-state index contributed by atoms with van der Waals surface area (Å²) >= 11 is 2.36. The SMILES string of the molecule is CCOC(=O)CSc1nnc(NC(=O)c2cccc(NC(=O)[C@@H]3CCCO3)c2)s1. The number of carbonyl (C=O) groups excluding carboxylic acids is 3. The van der Waals surface area contributed by atoms with Crippen LogP contribution in [0.15, 0.2) is 28.6 Å². The van der Waals surface area contributed by atoms with Gasteiger partial charge in [0.05, 0.1) is 12.4 Å². The van der Waals surface area contributed by atoms with Crippen molar-refractivity contribution in [2.45, 2.75) is 30.2 Å². The maximum Gasteiger partial charge on any atom is 0.316 e. The number of anilines is 2. The minimum atomic E-state index is -0.445. The van der Waals surface area contributed by atoms with Crippen molar-refractivity contribution in [2.75, 3.05) is 29.6 Å². The fourth-order valence-corrected chi connectivity index (χ4v) is 4.10. The summed E-state index contributed by atoms with van der Waals surface area (Å²) in [6, 6.07) is 6.60. The van der Waals surface area contributed by atoms with E-state index in [1.54, 1.807) is 31.2 Å². The fourth-order valence-electron chi connectivity index (χ4n) is 2.56. The van der Waals surface area contributed by atoms with Crippen molar-refractivity contribution in [3.05, 3.63) is 29.8 Å². The number of carbonyl (C=O) groups is 3. The van der Waals surface area contributed by atoms with Crippen LogP contribution < -0.4 is 10.6 Å². The quantitative estimate of drug-likeness (QED) is 0.368. The highest BCUT2D eigenvalue weighted by Gasteiger charge is 2.23. The number of aromatic nitrogens is 2. The fraction of sp³-hybridized carbons (Fsp3) is 0.389. The molecule has 2 heterocycles. The van der Waals surface area contributed by atoms with Gasteiger partial charge in [0.15, 0.2) is 4.34 Å². The third kappa shape index (κ3) is 6.24. The van der Waals surface area contributed by atoms with Crippen molar-refractivity contribution in [1.29, 1.82) is 0 Å². The van der Waals surface area contributed by atoms with Gasteiger partial charge in [0.25, 0.3) is 11.8 Å². The first kappa shape index (κ1) is 21.2. The zero-order chi connectivity index (χ0) is 20.6. The summed E-state index contributed by atoms with van der Waals surface area (Å²) in [5.74, 6) is -0.799. The summed E-state index contributed by atoms with van der Waals surface area (Å²) in [4.78, 5) is 36.0. The molecule has 154 valence electrons. The van der Waals surface area contributed by atoms with Crippen LogP contribution in [0.25, 0.3) is 0 Å². The molecule has 0 spiro atoms. The molecule has 1 aromatic carbocycles. The van der Waals surface area contributed by atoms with Crippen LogP contribution in [0.4, 0.5) is 10.8 Å². The molecule has 0 aliphatic carbocycles. The number of rotatable bonds is 8. The van der Waals surface area contributed by atoms with Crippen molar-refractivity contribution >= 4 is 51.7 Å². The van der Waals surface area contributed by atoms with Crippen LogP contribution in [0.1, 0.15) is 30.1 Å². The molecule has 0 radical (unpaired) electrons. The van der Waals surface area contributed by atoms with E-state index < -0.39 is 6.10 Å². The Morgan fingerprint density at radius 3 is 2.93 bits per heavy atom. The van der Waals surface area contributed by atoms with Crippen molar-refractivity contribution in [2.24, 2.45) is 0 Å². The lowest BCUT2D eigenvalue weighted by Crippen LogP contribution is -2.27. The first-order valence-corrected chi connectivity index (χ1v) is 10.8. The van der Waals surface area contributed by atoms with Crippen molar-refractivity contribution in [1.82, 2.24) is 10.2 Å². The molecule has 2 amide bonds. The number of benzene rings is 1. The number of amides is 2. The van der Waals surface area contributed by atoms with Gasteiger partial charge in [-0.2, -0.15) is 0 Å². The Labute approximate surface area is 175 Å². The van der Waals surface area contributed by atoms with Crippen molar-refractivity contribution in [3.63, 3.8) is 0 Å². The van der Waals surface area contributed by atoms with Crippen LogP contribution in [0.5, 0.6) is 0 Å². The highest BCUT2D eigenvalue weighted by Crippen LogP contribution is 2.26. The molecule has 3 rings (SSSR count). The van der Waals surface area contributed by atoms with Gasteiger partial charge in [-0.1, -0.05) is 29.2 Å². The molecule has 1 aliphatic heterocycles. The lowest BCUT2D eigenvalue weighted by Gasteiger charge is -2.11. The molecule has 1 aliphatic rings. The molecule has 1 saturated heterocycles. The molecule has 0 unspecified atom stereocenters. The van der Waals surface area contributed by atoms with E-state index in [1.807, 2.05) is 0 Å². The molecule has 11 heteroatoms. The van der Waals surface area contributed by atoms with Gasteiger partial charge in [-0.3, -0.25) is 19.7 Å². The first-order chi connectivity index (χ1) is 14.0. The van der Waals surface area contributed by atoms with Gasteiger partial charge >= 0.3 is 5.97 Å². The average Bonchev–Trinajstić information content (AvgIpc) is 3.39. The third-order valence-electron chi connectivity index (χ3n) is 3.86. The normalized spacial score (nSPS) is 15.7. The maximum atomic E-state index is 12.5. The first-order valence-electron chi connectivity index (χ1n) is 9.01. The monoisotopic (exact) mass is 436 g/mol. The number of nitrogens with zero attached hydrogens (tertiary/aromatic N) is 2. The van der Waals surface area contributed by atoms with E-state index in [4.69, 9.17) is 9.47 Å². The van der Waals surface area contributed by atoms with Crippen molar-refractivity contribution < 1.29 is 23.9 Å². The average molecular weight is 437 g/mol. The summed E-state index contributed by atoms with van der Waals surface area (Å²) in [6.07, 6.45) is 1.11. The van der Waals surface area contributed by atoms with Gasteiger partial charge < -0.3 is 14.8 Å². The Bertz CT molecular complexity index is 883. The number of nitrogens with one attached hydrogen (secondary N) is 2. The van der Waals surface area contributed by atoms with Gasteiger partial charge in [-0.25, -0.2) is 0 Å². The molecule has 29 heavy (non-hydrogen) atoms. The lowest BCUT2D eigenvalue weighted by molar-refractivity contribution is -0.139. The topological polar surface area (TPSA) is 120 Å². The number of thioether (sulfide) groups is 1. The Hall–Kier alpha value is -2.50. The second kappa shape index (κ2) is 10.3. The summed E-state index contributed by atoms with van der Waals surface area (Å²) in [5.41, 5.74) is 0.882. The molecule has 9 nitrogen and oxygen atoms in total. The Kier molecular flexibility index (Phi) is 7.55. The zero-order valence-corrected chi connectivity index (χ0v) is 17.3. The molecular weight excluding hydrogens is 416 g/mol. The summed E-state index contributed by atoms with van der Waals surface area (Å²) in [6.45, 7) is 2.65. The lowest BCUT2D eigenvalue weighted by atomic mass is 10.1. The van der Waals surface area contributed by atoms with Crippen LogP contribution in [0.3, 0.4) is 0 Å². The standard InChI is InChI=1S/C18H20N4O5S2/c1-2-26-14(23)10-28-18-22-21-17(29-18)20-15(24)11-5-3-6-12(9-11)19-16(25)13-7-4-8-27-13/h3,5-6,9,13H,2,4,7-8,10H2,1H3,(H,19,25)(H,20,21,24)/t13-/m0/s1. The summed E-state index contributed by atoms with van der Waals surface area (Å²) < 4.78 is 10.8. The van der Waals surface area contributed by atoms with E-state index in [9.17, 15) is 14.4 Å². The Balaban J connectivity index is 1.55. The number of esters is 1. The van der Waals surface area contributed by atoms with Gasteiger partial charge in [0.2, 0.25) is 5.13 Å². The molecule has 0 saturated carbocycles. The Morgan fingerprint density at radius 1 is 1.31 bits per heavy atom. The second-order valence-corrected chi connectivity index (χ2v) is 8.19. The smallest absolute Gasteiger partial charge is 0.316 e. The molecule has 2 aromatic rings. The molecular formula is C18H20N4O5S2. The summed E-state index contributed by atoms with van der Waals surface area (Å²) in [7, 11) is 0. The van der Waals surface area contributed by atoms with E-state index in [0.717, 1.165) is 17.8 Å². The number of hydrogen-bond acceptors (Lipinski definition) is 9. The van der Waals surface area contributed by atoms with E-state index in [1.165, 1.54) is 11.8 Å². The van der Waals surface area contributed by atoms with Crippen LogP contribution >= 0.6 is 23.1 Å². The molecule has 1 atom stereocenters. The zero-order valence-electron chi connectivity index (χ0n) is 15.7. The highest BCUT2D eigenvalue weighted by molar-refractivity contribution is 8.01. The molecule has 1 fully saturated rings. The van der Waals surface area contributed by atoms with E-state index >= 15 is 0 Å². The van der Waals surface area contributed by atoms with Gasteiger partial charge in [-0.15, -0.1) is 10.2 Å². The number of ether oxygens (including phenoxy) is 2. The van der Waals surface area contributed by atoms with Crippen LogP contribution in [0, 0.1) is 0 Å². The van der Waals surface area contributed by atoms with Crippen molar-refractivity contribution in [3.8, 4) is 0 Å². The van der Waals surface area contributed by atoms with E-state index in [-0.39, 0.29) is 23.5 Å². The predicted octanol–water partition coefficient (Wildman–Crippen LogP) is 2.56. The van der Waals surface area contributed by atoms with Crippen LogP contribution in [-0.2, 0) is 19.1 Å². The predicted molar refractivity (Wildman–Crippen MR) is 109 cm³/mol. The largest absolute Gasteiger partial charge is 0.465 e. The van der Waals surface area contributed by atoms with Gasteiger partial charge in [-0.05, 0) is 38.0 Å². The van der Waals surface area contributed by atoms with E-state index in [2.05, 4.69) is 20.8 Å². The summed E-state index contributed by atoms with van der Waals surface area (Å²) in [5, 5.41) is 13.6. The second-order valence-electron chi connectivity index (χ2n) is 5.99. The van der Waals surface area contributed by atoms with E-state index in [0.29, 0.717) is 40.4 Å². The Morgan fingerprint density at radius 2 is 2.17 bits per heavy atom. The minimum absolute atomic E-state index is 0.128. The van der Waals surface area contributed by atoms with Crippen LogP contribution in [0.2, 0.25) is 0 Å². The number of hydrogen-bond donors (Lipinski definition) is 2. The van der Waals surface area contributed by atoms with Gasteiger partial charge in [0, 0.05) is 17.9 Å². The minimum Gasteiger partial charge on any atom is -0.465 e. The van der Waals surface area contributed by atoms with Gasteiger partial charge in [0.1, 0.15) is 6.10 Å². The third-order valence-corrected chi connectivity index (χ3v) is 5.81. The highest BCUT2D eigenvalue weighted by atomic mass is 32.2. The molecule has 2 N–H and O–H groups in total. The molecule has 1 aromatic heterocycles. The molecule has 0 bridgehead atoms.